The van der Waals surface area contributed by atoms with Crippen molar-refractivity contribution in [3.8, 4) is 0 Å². The largest absolute Gasteiger partial charge is 0.411 e. The van der Waals surface area contributed by atoms with Gasteiger partial charge in [-0.15, -0.1) is 23.5 Å². The average molecular weight is 853 g/mol. The first kappa shape index (κ1) is 45.6. The predicted molar refractivity (Wildman–Crippen MR) is 235 cm³/mol. The van der Waals surface area contributed by atoms with Crippen LogP contribution in [0.3, 0.4) is 0 Å². The molecule has 5 fully saturated rings. The third-order valence-corrected chi connectivity index (χ3v) is 26.8. The zero-order valence-corrected chi connectivity index (χ0v) is 40.2. The molecule has 1 aromatic rings. The average Bonchev–Trinajstić information content (AvgIpc) is 3.16. The van der Waals surface area contributed by atoms with Gasteiger partial charge >= 0.3 is 8.56 Å². The number of fused-ring (bicyclic) bond motifs is 3. The lowest BCUT2D eigenvalue weighted by atomic mass is 9.73. The molecule has 5 saturated heterocycles. The van der Waals surface area contributed by atoms with E-state index in [1.165, 1.54) is 17.9 Å². The number of hydrogen-bond donors (Lipinski definition) is 1. The van der Waals surface area contributed by atoms with E-state index >= 15 is 0 Å². The van der Waals surface area contributed by atoms with E-state index in [9.17, 15) is 5.11 Å². The molecule has 5 heterocycles. The highest BCUT2D eigenvalue weighted by atomic mass is 32.2. The maximum atomic E-state index is 12.6. The highest BCUT2D eigenvalue weighted by molar-refractivity contribution is 8.17. The van der Waals surface area contributed by atoms with Crippen LogP contribution < -0.4 is 0 Å². The fourth-order valence-electron chi connectivity index (χ4n) is 10.5. The first-order valence-corrected chi connectivity index (χ1v) is 28.4. The Morgan fingerprint density at radius 2 is 1.55 bits per heavy atom. The van der Waals surface area contributed by atoms with Crippen molar-refractivity contribution in [3.05, 3.63) is 35.9 Å². The Balaban J connectivity index is 1.22. The van der Waals surface area contributed by atoms with Crippen LogP contribution in [-0.4, -0.2) is 105 Å². The van der Waals surface area contributed by atoms with Gasteiger partial charge in [0.25, 0.3) is 0 Å². The molecule has 0 saturated carbocycles. The minimum Gasteiger partial charge on any atom is -0.411 e. The van der Waals surface area contributed by atoms with Crippen molar-refractivity contribution >= 4 is 40.4 Å². The summed E-state index contributed by atoms with van der Waals surface area (Å²) in [6.07, 6.45) is 3.90. The molecular weight excluding hydrogens is 777 g/mol. The SMILES string of the molecule is CC[Si](CC)(CC)O[C@@H]1C[C@@H]2O[C@@H]3C[C@@H]4O[Si](C(C)(C)C)(C(C)(C)C)OC[C@H]4O[C@H]3C[C@@]2(C)O[C@@]1(C)[C@@H](O)CC(OCCCC1SCCCS1)c1ccccc1. The van der Waals surface area contributed by atoms with Crippen LogP contribution in [0.5, 0.6) is 0 Å². The third-order valence-electron chi connectivity index (χ3n) is 13.9. The van der Waals surface area contributed by atoms with Gasteiger partial charge in [-0.3, -0.25) is 0 Å². The molecule has 8 nitrogen and oxygen atoms in total. The van der Waals surface area contributed by atoms with E-state index in [1.807, 2.05) is 6.07 Å². The second kappa shape index (κ2) is 18.2. The molecule has 0 radical (unpaired) electrons. The summed E-state index contributed by atoms with van der Waals surface area (Å²) in [6.45, 7) is 25.9. The predicted octanol–water partition coefficient (Wildman–Crippen LogP) is 10.6. The normalized spacial score (nSPS) is 35.2. The van der Waals surface area contributed by atoms with E-state index in [2.05, 4.69) is 124 Å². The summed E-state index contributed by atoms with van der Waals surface area (Å²) in [5.74, 6) is 2.52. The molecule has 0 amide bonds. The van der Waals surface area contributed by atoms with Crippen molar-refractivity contribution in [1.82, 2.24) is 0 Å². The molecule has 5 aliphatic heterocycles. The molecular formula is C44H76O8S2Si2. The quantitative estimate of drug-likeness (QED) is 0.144. The minimum absolute atomic E-state index is 0.0708. The number of benzene rings is 1. The van der Waals surface area contributed by atoms with Gasteiger partial charge in [-0.2, -0.15) is 0 Å². The molecule has 5 aliphatic rings. The van der Waals surface area contributed by atoms with Crippen LogP contribution in [0.25, 0.3) is 0 Å². The van der Waals surface area contributed by atoms with E-state index in [0.29, 0.717) is 37.1 Å². The van der Waals surface area contributed by atoms with Crippen molar-refractivity contribution in [2.24, 2.45) is 0 Å². The highest BCUT2D eigenvalue weighted by Crippen LogP contribution is 2.56. The third kappa shape index (κ3) is 9.42. The van der Waals surface area contributed by atoms with Gasteiger partial charge in [-0.1, -0.05) is 92.6 Å². The van der Waals surface area contributed by atoms with Gasteiger partial charge in [-0.25, -0.2) is 0 Å². The van der Waals surface area contributed by atoms with Crippen LogP contribution >= 0.6 is 23.5 Å². The van der Waals surface area contributed by atoms with Crippen LogP contribution in [0.4, 0.5) is 0 Å². The lowest BCUT2D eigenvalue weighted by Gasteiger charge is -2.62. The lowest BCUT2D eigenvalue weighted by molar-refractivity contribution is -0.347. The van der Waals surface area contributed by atoms with E-state index in [1.54, 1.807) is 0 Å². The van der Waals surface area contributed by atoms with Crippen molar-refractivity contribution in [3.63, 3.8) is 0 Å². The molecule has 0 aliphatic carbocycles. The minimum atomic E-state index is -2.66. The van der Waals surface area contributed by atoms with Gasteiger partial charge in [0.15, 0.2) is 8.32 Å². The van der Waals surface area contributed by atoms with Crippen LogP contribution in [0.1, 0.15) is 133 Å². The molecule has 6 rings (SSSR count). The second-order valence-corrected chi connectivity index (χ2v) is 32.2. The number of ether oxygens (including phenoxy) is 4. The number of rotatable bonds is 14. The lowest BCUT2D eigenvalue weighted by Crippen LogP contribution is -2.73. The van der Waals surface area contributed by atoms with Crippen LogP contribution in [0, 0.1) is 0 Å². The maximum Gasteiger partial charge on any atom is 0.349 e. The smallest absolute Gasteiger partial charge is 0.349 e. The van der Waals surface area contributed by atoms with Crippen molar-refractivity contribution in [2.45, 2.75) is 214 Å². The maximum absolute atomic E-state index is 12.6. The zero-order valence-electron chi connectivity index (χ0n) is 36.6. The number of aliphatic hydroxyl groups excluding tert-OH is 1. The summed E-state index contributed by atoms with van der Waals surface area (Å²) in [6, 6.07) is 13.5. The number of hydrogen-bond acceptors (Lipinski definition) is 10. The van der Waals surface area contributed by atoms with E-state index in [0.717, 1.165) is 43.0 Å². The van der Waals surface area contributed by atoms with E-state index in [-0.39, 0.29) is 52.8 Å². The van der Waals surface area contributed by atoms with Gasteiger partial charge in [0.1, 0.15) is 11.7 Å². The molecule has 1 aromatic carbocycles. The summed E-state index contributed by atoms with van der Waals surface area (Å²) < 4.78 is 50.2. The monoisotopic (exact) mass is 852 g/mol. The van der Waals surface area contributed by atoms with Crippen molar-refractivity contribution in [1.29, 1.82) is 0 Å². The van der Waals surface area contributed by atoms with E-state index < -0.39 is 34.2 Å². The molecule has 0 spiro atoms. The molecule has 12 heteroatoms. The molecule has 0 aromatic heterocycles. The van der Waals surface area contributed by atoms with Crippen molar-refractivity contribution < 1.29 is 37.3 Å². The fraction of sp³-hybridized carbons (Fsp3) is 0.864. The Morgan fingerprint density at radius 1 is 0.893 bits per heavy atom. The van der Waals surface area contributed by atoms with Gasteiger partial charge in [-0.05, 0) is 68.3 Å². The summed E-state index contributed by atoms with van der Waals surface area (Å²) in [7, 11) is -4.77. The fourth-order valence-corrected chi connectivity index (χ4v) is 21.4. The van der Waals surface area contributed by atoms with E-state index in [4.69, 9.17) is 32.2 Å². The Morgan fingerprint density at radius 3 is 2.18 bits per heavy atom. The van der Waals surface area contributed by atoms with Gasteiger partial charge < -0.3 is 37.3 Å². The highest BCUT2D eigenvalue weighted by Gasteiger charge is 2.65. The summed E-state index contributed by atoms with van der Waals surface area (Å²) in [5.41, 5.74) is -0.573. The van der Waals surface area contributed by atoms with Gasteiger partial charge in [0.2, 0.25) is 0 Å². The zero-order chi connectivity index (χ0) is 40.6. The molecule has 1 N–H and O–H groups in total. The summed E-state index contributed by atoms with van der Waals surface area (Å²) in [4.78, 5) is 0. The Hall–Kier alpha value is 0.0338. The van der Waals surface area contributed by atoms with Crippen LogP contribution in [0.2, 0.25) is 28.2 Å². The number of thioether (sulfide) groups is 2. The van der Waals surface area contributed by atoms with Crippen LogP contribution in [-0.2, 0) is 32.2 Å². The van der Waals surface area contributed by atoms with Gasteiger partial charge in [0.05, 0.1) is 59.5 Å². The van der Waals surface area contributed by atoms with Gasteiger partial charge in [0, 0.05) is 42.4 Å². The Bertz CT molecular complexity index is 1380. The Kier molecular flexibility index (Phi) is 14.8. The molecule has 0 bridgehead atoms. The summed E-state index contributed by atoms with van der Waals surface area (Å²) >= 11 is 4.18. The molecule has 320 valence electrons. The first-order valence-electron chi connectivity index (χ1n) is 22.0. The first-order chi connectivity index (χ1) is 26.4. The van der Waals surface area contributed by atoms with Crippen LogP contribution in [0.15, 0.2) is 30.3 Å². The topological polar surface area (TPSA) is 84.8 Å². The standard InChI is InChI=1S/C44H76O8S2Si2/c1-12-55(13-2,14-3)51-39-28-38-43(10,29-35-33(49-38)26-34-36(48-35)30-47-56(50-34,41(4,5)6)42(7,8)9)52-44(39,11)37(45)27-32(31-20-16-15-17-21-31)46-23-18-22-40-53-24-19-25-54-40/h15-17,20-21,32-40,45H,12-14,18-19,22-30H2,1-11H3/t32?,33-,34+,35+,36-,37+,38+,39-,43-,44+/m1/s1. The summed E-state index contributed by atoms with van der Waals surface area (Å²) in [5, 5.41) is 12.4. The molecule has 56 heavy (non-hydrogen) atoms. The second-order valence-electron chi connectivity index (χ2n) is 19.8. The Labute approximate surface area is 350 Å². The number of aliphatic hydroxyl groups is 1. The van der Waals surface area contributed by atoms with Crippen molar-refractivity contribution in [2.75, 3.05) is 24.7 Å². The molecule has 1 unspecified atom stereocenters. The molecule has 10 atom stereocenters.